The molecule has 6 nitrogen and oxygen atoms in total. The fourth-order valence-electron chi connectivity index (χ4n) is 2.48. The van der Waals surface area contributed by atoms with Crippen LogP contribution >= 0.6 is 0 Å². The van der Waals surface area contributed by atoms with Gasteiger partial charge in [0.2, 0.25) is 0 Å². The molecular weight excluding hydrogens is 365 g/mol. The highest BCUT2D eigenvalue weighted by atomic mass is 19.1. The zero-order valence-corrected chi connectivity index (χ0v) is 15.3. The molecule has 0 aliphatic heterocycles. The van der Waals surface area contributed by atoms with Gasteiger partial charge in [-0.25, -0.2) is 9.18 Å². The summed E-state index contributed by atoms with van der Waals surface area (Å²) in [6.45, 7) is -0.0902. The average Bonchev–Trinajstić information content (AvgIpc) is 3.19. The predicted molar refractivity (Wildman–Crippen MR) is 100 cm³/mol. The van der Waals surface area contributed by atoms with Crippen LogP contribution in [0.25, 0.3) is 17.4 Å². The van der Waals surface area contributed by atoms with Crippen LogP contribution in [0.4, 0.5) is 4.39 Å². The van der Waals surface area contributed by atoms with E-state index in [1.807, 2.05) is 0 Å². The van der Waals surface area contributed by atoms with Crippen molar-refractivity contribution in [3.05, 3.63) is 71.7 Å². The zero-order chi connectivity index (χ0) is 19.9. The summed E-state index contributed by atoms with van der Waals surface area (Å²) in [5.41, 5.74) is 1.42. The number of ether oxygens (including phenoxy) is 3. The Balaban J connectivity index is 1.59. The van der Waals surface area contributed by atoms with Crippen LogP contribution in [-0.4, -0.2) is 25.3 Å². The monoisotopic (exact) mass is 383 g/mol. The van der Waals surface area contributed by atoms with Crippen LogP contribution in [0.15, 0.2) is 59.1 Å². The van der Waals surface area contributed by atoms with Gasteiger partial charge < -0.3 is 18.7 Å². The standard InChI is InChI=1S/C21H18FNO5/c1-25-18-9-7-14(11-20(18)26-2)8-10-21(24)27-13-15-12-19(28-23-15)16-5-3-4-6-17(16)22/h3-12H,13H2,1-2H3/b10-8-. The van der Waals surface area contributed by atoms with Crippen LogP contribution in [0.3, 0.4) is 0 Å². The van der Waals surface area contributed by atoms with Gasteiger partial charge in [0.1, 0.15) is 18.1 Å². The number of nitrogens with zero attached hydrogens (tertiary/aromatic N) is 1. The topological polar surface area (TPSA) is 70.8 Å². The molecule has 0 radical (unpaired) electrons. The van der Waals surface area contributed by atoms with Crippen LogP contribution in [0.2, 0.25) is 0 Å². The van der Waals surface area contributed by atoms with Crippen LogP contribution < -0.4 is 9.47 Å². The van der Waals surface area contributed by atoms with Gasteiger partial charge in [0.25, 0.3) is 0 Å². The van der Waals surface area contributed by atoms with Gasteiger partial charge in [0.15, 0.2) is 17.3 Å². The Kier molecular flexibility index (Phi) is 6.06. The molecule has 1 heterocycles. The normalized spacial score (nSPS) is 10.8. The molecule has 0 N–H and O–H groups in total. The van der Waals surface area contributed by atoms with Crippen molar-refractivity contribution in [2.45, 2.75) is 6.61 Å². The molecule has 2 aromatic carbocycles. The maximum absolute atomic E-state index is 13.8. The van der Waals surface area contributed by atoms with Crippen molar-refractivity contribution >= 4 is 12.0 Å². The molecule has 7 heteroatoms. The van der Waals surface area contributed by atoms with Crippen molar-refractivity contribution in [3.8, 4) is 22.8 Å². The summed E-state index contributed by atoms with van der Waals surface area (Å²) in [7, 11) is 3.08. The number of aromatic nitrogens is 1. The second kappa shape index (κ2) is 8.85. The predicted octanol–water partition coefficient (Wildman–Crippen LogP) is 4.25. The maximum Gasteiger partial charge on any atom is 0.331 e. The van der Waals surface area contributed by atoms with Gasteiger partial charge >= 0.3 is 5.97 Å². The number of carbonyl (C=O) groups excluding carboxylic acids is 1. The highest BCUT2D eigenvalue weighted by Gasteiger charge is 2.11. The first-order valence-corrected chi connectivity index (χ1v) is 8.38. The molecule has 0 fully saturated rings. The molecule has 144 valence electrons. The quantitative estimate of drug-likeness (QED) is 0.449. The molecule has 0 aliphatic carbocycles. The fraction of sp³-hybridized carbons (Fsp3) is 0.143. The SMILES string of the molecule is COc1ccc(/C=C\C(=O)OCc2cc(-c3ccccc3F)on2)cc1OC. The first kappa shape index (κ1) is 19.2. The van der Waals surface area contributed by atoms with Crippen molar-refractivity contribution < 1.29 is 27.9 Å². The van der Waals surface area contributed by atoms with Gasteiger partial charge in [-0.3, -0.25) is 0 Å². The first-order chi connectivity index (χ1) is 13.6. The molecule has 0 amide bonds. The number of methoxy groups -OCH3 is 2. The van der Waals surface area contributed by atoms with Gasteiger partial charge in [0, 0.05) is 12.1 Å². The van der Waals surface area contributed by atoms with Crippen LogP contribution in [0.1, 0.15) is 11.3 Å². The van der Waals surface area contributed by atoms with Gasteiger partial charge in [-0.15, -0.1) is 0 Å². The smallest absolute Gasteiger partial charge is 0.331 e. The number of hydrogen-bond acceptors (Lipinski definition) is 6. The molecule has 0 spiro atoms. The zero-order valence-electron chi connectivity index (χ0n) is 15.3. The van der Waals surface area contributed by atoms with E-state index in [1.165, 1.54) is 25.3 Å². The van der Waals surface area contributed by atoms with Gasteiger partial charge in [-0.2, -0.15) is 0 Å². The lowest BCUT2D eigenvalue weighted by molar-refractivity contribution is -0.139. The molecule has 3 rings (SSSR count). The molecule has 0 saturated heterocycles. The largest absolute Gasteiger partial charge is 0.493 e. The Morgan fingerprint density at radius 2 is 1.89 bits per heavy atom. The third kappa shape index (κ3) is 4.56. The minimum atomic E-state index is -0.551. The summed E-state index contributed by atoms with van der Waals surface area (Å²) < 4.78 is 34.4. The Morgan fingerprint density at radius 1 is 1.11 bits per heavy atom. The number of hydrogen-bond donors (Lipinski definition) is 0. The molecule has 0 atom stereocenters. The molecule has 3 aromatic rings. The van der Waals surface area contributed by atoms with E-state index in [1.54, 1.807) is 49.6 Å². The Bertz CT molecular complexity index is 996. The fourth-order valence-corrected chi connectivity index (χ4v) is 2.48. The molecule has 28 heavy (non-hydrogen) atoms. The average molecular weight is 383 g/mol. The summed E-state index contributed by atoms with van der Waals surface area (Å²) >= 11 is 0. The van der Waals surface area contributed by atoms with E-state index in [0.717, 1.165) is 5.56 Å². The number of halogens is 1. The Labute approximate surface area is 161 Å². The molecule has 0 unspecified atom stereocenters. The van der Waals surface area contributed by atoms with Crippen molar-refractivity contribution in [2.75, 3.05) is 14.2 Å². The maximum atomic E-state index is 13.8. The number of rotatable bonds is 7. The third-order valence-electron chi connectivity index (χ3n) is 3.88. The summed E-state index contributed by atoms with van der Waals surface area (Å²) in [6.07, 6.45) is 2.89. The molecule has 0 aliphatic rings. The van der Waals surface area contributed by atoms with Crippen LogP contribution in [-0.2, 0) is 16.1 Å². The van der Waals surface area contributed by atoms with Crippen molar-refractivity contribution in [1.82, 2.24) is 5.16 Å². The van der Waals surface area contributed by atoms with Gasteiger partial charge in [0.05, 0.1) is 19.8 Å². The van der Waals surface area contributed by atoms with E-state index in [-0.39, 0.29) is 12.4 Å². The second-order valence-corrected chi connectivity index (χ2v) is 5.72. The summed E-state index contributed by atoms with van der Waals surface area (Å²) in [5.74, 6) is 0.454. The summed E-state index contributed by atoms with van der Waals surface area (Å²) in [4.78, 5) is 11.9. The van der Waals surface area contributed by atoms with E-state index >= 15 is 0 Å². The lowest BCUT2D eigenvalue weighted by atomic mass is 10.1. The van der Waals surface area contributed by atoms with Crippen molar-refractivity contribution in [3.63, 3.8) is 0 Å². The van der Waals surface area contributed by atoms with Gasteiger partial charge in [-0.1, -0.05) is 23.4 Å². The van der Waals surface area contributed by atoms with Crippen LogP contribution in [0.5, 0.6) is 11.5 Å². The lowest BCUT2D eigenvalue weighted by Gasteiger charge is -2.07. The minimum absolute atomic E-state index is 0.0902. The second-order valence-electron chi connectivity index (χ2n) is 5.72. The van der Waals surface area contributed by atoms with E-state index < -0.39 is 11.8 Å². The number of benzene rings is 2. The van der Waals surface area contributed by atoms with E-state index in [4.69, 9.17) is 18.7 Å². The van der Waals surface area contributed by atoms with E-state index in [9.17, 15) is 9.18 Å². The molecule has 1 aromatic heterocycles. The first-order valence-electron chi connectivity index (χ1n) is 8.38. The van der Waals surface area contributed by atoms with E-state index in [2.05, 4.69) is 5.16 Å². The molecular formula is C21H18FNO5. The Morgan fingerprint density at radius 3 is 2.64 bits per heavy atom. The van der Waals surface area contributed by atoms with Crippen molar-refractivity contribution in [1.29, 1.82) is 0 Å². The molecule has 0 bridgehead atoms. The van der Waals surface area contributed by atoms with Crippen LogP contribution in [0, 0.1) is 5.82 Å². The minimum Gasteiger partial charge on any atom is -0.493 e. The Hall–Kier alpha value is -3.61. The van der Waals surface area contributed by atoms with E-state index in [0.29, 0.717) is 22.8 Å². The highest BCUT2D eigenvalue weighted by molar-refractivity contribution is 5.87. The summed E-state index contributed by atoms with van der Waals surface area (Å²) in [5, 5.41) is 3.79. The van der Waals surface area contributed by atoms with Crippen molar-refractivity contribution in [2.24, 2.45) is 0 Å². The third-order valence-corrected chi connectivity index (χ3v) is 3.88. The molecule has 0 saturated carbocycles. The number of esters is 1. The lowest BCUT2D eigenvalue weighted by Crippen LogP contribution is -2.00. The van der Waals surface area contributed by atoms with Gasteiger partial charge in [-0.05, 0) is 35.9 Å². The highest BCUT2D eigenvalue weighted by Crippen LogP contribution is 2.28. The number of carbonyl (C=O) groups is 1. The summed E-state index contributed by atoms with van der Waals surface area (Å²) in [6, 6.07) is 13.0.